The molecule has 0 N–H and O–H groups in total. The summed E-state index contributed by atoms with van der Waals surface area (Å²) in [6.45, 7) is 9.51. The fourth-order valence-electron chi connectivity index (χ4n) is 10.9. The Hall–Kier alpha value is -7.02. The maximum atomic E-state index is 2.50. The van der Waals surface area contributed by atoms with E-state index in [-0.39, 0.29) is 10.8 Å². The lowest BCUT2D eigenvalue weighted by molar-refractivity contribution is 0.660. The standard InChI is InChI=1S/C60H44/c1-59(2)53-20-12-10-16-45(53)47-29-26-42(35-55(47)59)41-27-31-51-52(34-41)58(44-28-30-48-46-17-11-13-21-54(46)60(3,4)56(48)36-44)50-19-9-8-18-49(50)57(51)43-25-24-39-32-38(22-23-40(39)33-43)37-14-6-5-7-15-37/h5-36H,1-4H3. The number of fused-ring (bicyclic) bond motifs is 9. The van der Waals surface area contributed by atoms with Crippen molar-refractivity contribution in [3.05, 3.63) is 216 Å². The van der Waals surface area contributed by atoms with Crippen LogP contribution < -0.4 is 0 Å². The molecule has 0 atom stereocenters. The van der Waals surface area contributed by atoms with Crippen molar-refractivity contribution in [3.63, 3.8) is 0 Å². The van der Waals surface area contributed by atoms with Gasteiger partial charge in [0.2, 0.25) is 0 Å². The zero-order valence-electron chi connectivity index (χ0n) is 34.5. The fraction of sp³-hybridized carbons (Fsp3) is 0.100. The molecule has 0 bridgehead atoms. The van der Waals surface area contributed by atoms with Gasteiger partial charge >= 0.3 is 0 Å². The van der Waals surface area contributed by atoms with Crippen LogP contribution in [0.25, 0.3) is 99.1 Å². The quantitative estimate of drug-likeness (QED) is 0.157. The Kier molecular flexibility index (Phi) is 7.42. The third-order valence-corrected chi connectivity index (χ3v) is 14.0. The lowest BCUT2D eigenvalue weighted by atomic mass is 9.80. The van der Waals surface area contributed by atoms with Crippen LogP contribution in [0.15, 0.2) is 194 Å². The van der Waals surface area contributed by atoms with Gasteiger partial charge in [-0.1, -0.05) is 191 Å². The Labute approximate surface area is 352 Å². The minimum absolute atomic E-state index is 0.0694. The summed E-state index contributed by atoms with van der Waals surface area (Å²) in [5.74, 6) is 0. The number of hydrogen-bond donors (Lipinski definition) is 0. The molecule has 0 amide bonds. The van der Waals surface area contributed by atoms with Gasteiger partial charge in [-0.25, -0.2) is 0 Å². The van der Waals surface area contributed by atoms with Gasteiger partial charge in [-0.15, -0.1) is 0 Å². The van der Waals surface area contributed by atoms with Gasteiger partial charge in [0.15, 0.2) is 0 Å². The average Bonchev–Trinajstić information content (AvgIpc) is 3.66. The third-order valence-electron chi connectivity index (χ3n) is 14.0. The van der Waals surface area contributed by atoms with Crippen LogP contribution in [0, 0.1) is 0 Å². The van der Waals surface area contributed by atoms with Crippen molar-refractivity contribution in [1.82, 2.24) is 0 Å². The largest absolute Gasteiger partial charge is 0.0622 e. The van der Waals surface area contributed by atoms with Crippen LogP contribution in [0.1, 0.15) is 49.9 Å². The molecule has 0 unspecified atom stereocenters. The van der Waals surface area contributed by atoms with Gasteiger partial charge in [0.05, 0.1) is 0 Å². The van der Waals surface area contributed by atoms with E-state index in [1.807, 2.05) is 0 Å². The van der Waals surface area contributed by atoms with Crippen molar-refractivity contribution in [2.45, 2.75) is 38.5 Å². The molecule has 0 aliphatic heterocycles. The zero-order valence-corrected chi connectivity index (χ0v) is 34.5. The molecule has 2 aliphatic carbocycles. The average molecular weight is 765 g/mol. The minimum Gasteiger partial charge on any atom is -0.0622 e. The summed E-state index contributed by atoms with van der Waals surface area (Å²) in [4.78, 5) is 0. The third kappa shape index (κ3) is 5.04. The van der Waals surface area contributed by atoms with E-state index in [0.29, 0.717) is 0 Å². The Morgan fingerprint density at radius 3 is 1.30 bits per heavy atom. The zero-order chi connectivity index (χ0) is 40.3. The predicted octanol–water partition coefficient (Wildman–Crippen LogP) is 16.4. The maximum absolute atomic E-state index is 2.50. The van der Waals surface area contributed by atoms with E-state index in [4.69, 9.17) is 0 Å². The SMILES string of the molecule is CC1(C)c2ccccc2-c2ccc(-c3ccc4c(-c5ccc6cc(-c7ccccc7)ccc6c5)c5ccccc5c(-c5ccc6c(c5)C(C)(C)c5ccccc5-6)c4c3)cc21. The van der Waals surface area contributed by atoms with E-state index in [1.165, 1.54) is 121 Å². The van der Waals surface area contributed by atoms with Crippen LogP contribution in [0.3, 0.4) is 0 Å². The Morgan fingerprint density at radius 1 is 0.250 bits per heavy atom. The molecule has 0 nitrogen and oxygen atoms in total. The lowest BCUT2D eigenvalue weighted by Crippen LogP contribution is -2.14. The van der Waals surface area contributed by atoms with E-state index >= 15 is 0 Å². The monoisotopic (exact) mass is 764 g/mol. The van der Waals surface area contributed by atoms with Gasteiger partial charge in [-0.05, 0) is 152 Å². The molecule has 12 rings (SSSR count). The number of hydrogen-bond acceptors (Lipinski definition) is 0. The molecule has 60 heavy (non-hydrogen) atoms. The van der Waals surface area contributed by atoms with E-state index < -0.39 is 0 Å². The van der Waals surface area contributed by atoms with E-state index in [2.05, 4.69) is 222 Å². The van der Waals surface area contributed by atoms with Gasteiger partial charge in [0.25, 0.3) is 0 Å². The molecular formula is C60H44. The van der Waals surface area contributed by atoms with Crippen molar-refractivity contribution in [1.29, 1.82) is 0 Å². The van der Waals surface area contributed by atoms with Crippen molar-refractivity contribution in [3.8, 4) is 66.8 Å². The second-order valence-electron chi connectivity index (χ2n) is 18.1. The van der Waals surface area contributed by atoms with Gasteiger partial charge < -0.3 is 0 Å². The Bertz CT molecular complexity index is 3410. The van der Waals surface area contributed by atoms with Gasteiger partial charge in [0.1, 0.15) is 0 Å². The summed E-state index contributed by atoms with van der Waals surface area (Å²) in [5.41, 5.74) is 20.9. The smallest absolute Gasteiger partial charge is 0.0159 e. The Morgan fingerprint density at radius 2 is 0.650 bits per heavy atom. The van der Waals surface area contributed by atoms with E-state index in [1.54, 1.807) is 0 Å². The van der Waals surface area contributed by atoms with Crippen molar-refractivity contribution >= 4 is 32.3 Å². The Balaban J connectivity index is 1.10. The van der Waals surface area contributed by atoms with Crippen LogP contribution in [-0.4, -0.2) is 0 Å². The highest BCUT2D eigenvalue weighted by Crippen LogP contribution is 2.53. The molecule has 10 aromatic rings. The summed E-state index contributed by atoms with van der Waals surface area (Å²) in [6, 6.07) is 73.2. The first kappa shape index (κ1) is 35.0. The van der Waals surface area contributed by atoms with Crippen LogP contribution in [0.2, 0.25) is 0 Å². The van der Waals surface area contributed by atoms with Crippen molar-refractivity contribution in [2.75, 3.05) is 0 Å². The van der Waals surface area contributed by atoms with Gasteiger partial charge in [0, 0.05) is 10.8 Å². The van der Waals surface area contributed by atoms with E-state index in [9.17, 15) is 0 Å². The summed E-state index contributed by atoms with van der Waals surface area (Å²) < 4.78 is 0. The van der Waals surface area contributed by atoms with Crippen LogP contribution >= 0.6 is 0 Å². The van der Waals surface area contributed by atoms with Gasteiger partial charge in [-0.2, -0.15) is 0 Å². The lowest BCUT2D eigenvalue weighted by Gasteiger charge is -2.23. The highest BCUT2D eigenvalue weighted by atomic mass is 14.4. The molecule has 0 fully saturated rings. The molecule has 0 radical (unpaired) electrons. The fourth-order valence-corrected chi connectivity index (χ4v) is 10.9. The van der Waals surface area contributed by atoms with Crippen LogP contribution in [0.5, 0.6) is 0 Å². The molecule has 0 heteroatoms. The molecular weight excluding hydrogens is 721 g/mol. The summed E-state index contributed by atoms with van der Waals surface area (Å²) in [5, 5.41) is 7.58. The molecule has 2 aliphatic rings. The molecule has 0 heterocycles. The number of benzene rings is 10. The second-order valence-corrected chi connectivity index (χ2v) is 18.1. The van der Waals surface area contributed by atoms with Gasteiger partial charge in [-0.3, -0.25) is 0 Å². The summed E-state index contributed by atoms with van der Waals surface area (Å²) >= 11 is 0. The summed E-state index contributed by atoms with van der Waals surface area (Å²) in [6.07, 6.45) is 0. The highest BCUT2D eigenvalue weighted by molar-refractivity contribution is 6.22. The minimum atomic E-state index is -0.0983. The first-order valence-electron chi connectivity index (χ1n) is 21.3. The molecule has 0 saturated carbocycles. The van der Waals surface area contributed by atoms with Crippen molar-refractivity contribution in [2.24, 2.45) is 0 Å². The topological polar surface area (TPSA) is 0 Å². The van der Waals surface area contributed by atoms with Crippen LogP contribution in [-0.2, 0) is 10.8 Å². The first-order chi connectivity index (χ1) is 29.3. The van der Waals surface area contributed by atoms with Crippen molar-refractivity contribution < 1.29 is 0 Å². The highest BCUT2D eigenvalue weighted by Gasteiger charge is 2.37. The van der Waals surface area contributed by atoms with Crippen LogP contribution in [0.4, 0.5) is 0 Å². The number of rotatable bonds is 4. The molecule has 284 valence electrons. The first-order valence-corrected chi connectivity index (χ1v) is 21.3. The predicted molar refractivity (Wildman–Crippen MR) is 256 cm³/mol. The maximum Gasteiger partial charge on any atom is 0.0159 e. The molecule has 0 spiro atoms. The molecule has 10 aromatic carbocycles. The molecule has 0 aromatic heterocycles. The van der Waals surface area contributed by atoms with E-state index in [0.717, 1.165) is 0 Å². The molecule has 0 saturated heterocycles. The summed E-state index contributed by atoms with van der Waals surface area (Å²) in [7, 11) is 0. The normalized spacial score (nSPS) is 14.3. The second kappa shape index (κ2) is 12.7.